The molecule has 3 unspecified atom stereocenters. The number of carbonyl (C=O) groups is 1. The van der Waals surface area contributed by atoms with Gasteiger partial charge in [0.25, 0.3) is 5.91 Å². The Labute approximate surface area is 173 Å². The van der Waals surface area contributed by atoms with Gasteiger partial charge in [-0.15, -0.1) is 0 Å². The first kappa shape index (κ1) is 18.6. The average molecular weight is 404 g/mol. The summed E-state index contributed by atoms with van der Waals surface area (Å²) in [6, 6.07) is 5.98. The maximum Gasteiger partial charge on any atom is 0.255 e. The van der Waals surface area contributed by atoms with Crippen LogP contribution in [0, 0.1) is 18.7 Å². The number of fused-ring (bicyclic) bond motifs is 2. The van der Waals surface area contributed by atoms with Crippen molar-refractivity contribution < 1.29 is 9.18 Å². The molecule has 5 rings (SSSR count). The summed E-state index contributed by atoms with van der Waals surface area (Å²) in [4.78, 5) is 32.5. The standard InChI is InChI=1S/C22H21FN6O/c1-13-10-26-22(27-11-13)28-18-7-14-8-19(18)29(12-14)21(30)17-9-15(23)3-4-16(17)20-24-5-2-6-25-20/h2-6,9-11,14,18-19H,7-8,12H2,1H3,(H,26,27,28). The number of piperidine rings is 1. The second-order valence-electron chi connectivity index (χ2n) is 7.96. The number of benzene rings is 1. The quantitative estimate of drug-likeness (QED) is 0.719. The molecule has 1 N–H and O–H groups in total. The minimum Gasteiger partial charge on any atom is -0.349 e. The van der Waals surface area contributed by atoms with Gasteiger partial charge in [0.1, 0.15) is 5.82 Å². The number of halogens is 1. The van der Waals surface area contributed by atoms with Crippen molar-refractivity contribution in [1.82, 2.24) is 24.8 Å². The highest BCUT2D eigenvalue weighted by molar-refractivity contribution is 6.00. The first-order valence-electron chi connectivity index (χ1n) is 10.0. The number of aryl methyl sites for hydroxylation is 1. The Morgan fingerprint density at radius 1 is 1.13 bits per heavy atom. The van der Waals surface area contributed by atoms with E-state index in [0.29, 0.717) is 35.4 Å². The summed E-state index contributed by atoms with van der Waals surface area (Å²) in [6.07, 6.45) is 8.64. The van der Waals surface area contributed by atoms with Gasteiger partial charge in [-0.1, -0.05) is 0 Å². The molecule has 2 aromatic heterocycles. The summed E-state index contributed by atoms with van der Waals surface area (Å²) < 4.78 is 14.1. The van der Waals surface area contributed by atoms with Crippen LogP contribution in [0.15, 0.2) is 49.1 Å². The van der Waals surface area contributed by atoms with Crippen LogP contribution < -0.4 is 5.32 Å². The van der Waals surface area contributed by atoms with Crippen LogP contribution in [-0.2, 0) is 0 Å². The number of likely N-dealkylation sites (tertiary alicyclic amines) is 1. The maximum absolute atomic E-state index is 14.1. The van der Waals surface area contributed by atoms with Crippen molar-refractivity contribution in [2.45, 2.75) is 31.8 Å². The molecule has 0 radical (unpaired) electrons. The zero-order valence-electron chi connectivity index (χ0n) is 16.5. The summed E-state index contributed by atoms with van der Waals surface area (Å²) in [5.74, 6) is 0.736. The molecule has 0 spiro atoms. The van der Waals surface area contributed by atoms with Crippen molar-refractivity contribution >= 4 is 11.9 Å². The van der Waals surface area contributed by atoms with E-state index in [1.165, 1.54) is 12.1 Å². The number of rotatable bonds is 4. The predicted molar refractivity (Wildman–Crippen MR) is 109 cm³/mol. The SMILES string of the molecule is Cc1cnc(NC2CC3CC2N(C(=O)c2cc(F)ccc2-c2ncccn2)C3)nc1. The van der Waals surface area contributed by atoms with E-state index < -0.39 is 5.82 Å². The van der Waals surface area contributed by atoms with Gasteiger partial charge < -0.3 is 10.2 Å². The molecule has 30 heavy (non-hydrogen) atoms. The maximum atomic E-state index is 14.1. The molecular weight excluding hydrogens is 383 g/mol. The summed E-state index contributed by atoms with van der Waals surface area (Å²) >= 11 is 0. The van der Waals surface area contributed by atoms with Gasteiger partial charge in [0, 0.05) is 42.9 Å². The van der Waals surface area contributed by atoms with Gasteiger partial charge in [-0.05, 0) is 55.5 Å². The fraction of sp³-hybridized carbons (Fsp3) is 0.318. The number of carbonyl (C=O) groups excluding carboxylic acids is 1. The van der Waals surface area contributed by atoms with E-state index in [4.69, 9.17) is 0 Å². The van der Waals surface area contributed by atoms with E-state index in [2.05, 4.69) is 25.3 Å². The Morgan fingerprint density at radius 3 is 2.63 bits per heavy atom. The Bertz CT molecular complexity index is 1070. The third kappa shape index (κ3) is 3.38. The Morgan fingerprint density at radius 2 is 1.90 bits per heavy atom. The number of nitrogens with one attached hydrogen (secondary N) is 1. The molecule has 1 aliphatic heterocycles. The smallest absolute Gasteiger partial charge is 0.255 e. The van der Waals surface area contributed by atoms with Crippen molar-refractivity contribution in [1.29, 1.82) is 0 Å². The lowest BCUT2D eigenvalue weighted by Gasteiger charge is -2.34. The number of aromatic nitrogens is 4. The van der Waals surface area contributed by atoms with Crippen molar-refractivity contribution in [3.63, 3.8) is 0 Å². The molecule has 3 atom stereocenters. The number of anilines is 1. The number of hydrogen-bond acceptors (Lipinski definition) is 6. The highest BCUT2D eigenvalue weighted by atomic mass is 19.1. The van der Waals surface area contributed by atoms with Crippen molar-refractivity contribution in [2.24, 2.45) is 5.92 Å². The first-order valence-corrected chi connectivity index (χ1v) is 10.0. The molecule has 8 heteroatoms. The highest BCUT2D eigenvalue weighted by Crippen LogP contribution is 2.40. The molecular formula is C22H21FN6O. The average Bonchev–Trinajstić information content (AvgIpc) is 3.36. The molecule has 3 heterocycles. The lowest BCUT2D eigenvalue weighted by Crippen LogP contribution is -2.48. The molecule has 152 valence electrons. The van der Waals surface area contributed by atoms with E-state index >= 15 is 0 Å². The molecule has 3 aromatic rings. The topological polar surface area (TPSA) is 83.9 Å². The molecule has 2 aliphatic rings. The fourth-order valence-electron chi connectivity index (χ4n) is 4.53. The molecule has 1 aliphatic carbocycles. The van der Waals surface area contributed by atoms with Crippen LogP contribution in [0.2, 0.25) is 0 Å². The van der Waals surface area contributed by atoms with E-state index in [0.717, 1.165) is 18.4 Å². The third-order valence-corrected chi connectivity index (χ3v) is 5.86. The van der Waals surface area contributed by atoms with Gasteiger partial charge >= 0.3 is 0 Å². The Balaban J connectivity index is 1.42. The van der Waals surface area contributed by atoms with Crippen LogP contribution in [0.5, 0.6) is 0 Å². The van der Waals surface area contributed by atoms with Crippen LogP contribution in [0.1, 0.15) is 28.8 Å². The third-order valence-electron chi connectivity index (χ3n) is 5.86. The summed E-state index contributed by atoms with van der Waals surface area (Å²) in [6.45, 7) is 2.61. The molecule has 7 nitrogen and oxygen atoms in total. The van der Waals surface area contributed by atoms with Gasteiger partial charge in [-0.3, -0.25) is 4.79 Å². The summed E-state index contributed by atoms with van der Waals surface area (Å²) in [5.41, 5.74) is 1.82. The van der Waals surface area contributed by atoms with Crippen LogP contribution in [-0.4, -0.2) is 49.4 Å². The van der Waals surface area contributed by atoms with Crippen molar-refractivity contribution in [3.8, 4) is 11.4 Å². The van der Waals surface area contributed by atoms with Crippen LogP contribution in [0.25, 0.3) is 11.4 Å². The van der Waals surface area contributed by atoms with Gasteiger partial charge in [0.2, 0.25) is 5.95 Å². The zero-order valence-corrected chi connectivity index (χ0v) is 16.5. The number of amides is 1. The van der Waals surface area contributed by atoms with E-state index in [1.807, 2.05) is 11.8 Å². The van der Waals surface area contributed by atoms with E-state index in [1.54, 1.807) is 36.9 Å². The summed E-state index contributed by atoms with van der Waals surface area (Å²) in [5, 5.41) is 3.38. The minimum atomic E-state index is -0.454. The molecule has 1 saturated carbocycles. The van der Waals surface area contributed by atoms with Crippen LogP contribution in [0.3, 0.4) is 0 Å². The lowest BCUT2D eigenvalue weighted by atomic mass is 10.0. The molecule has 1 aromatic carbocycles. The van der Waals surface area contributed by atoms with Gasteiger partial charge in [0.15, 0.2) is 5.82 Å². The molecule has 1 amide bonds. The van der Waals surface area contributed by atoms with E-state index in [9.17, 15) is 9.18 Å². The lowest BCUT2D eigenvalue weighted by molar-refractivity contribution is 0.0692. The monoisotopic (exact) mass is 404 g/mol. The minimum absolute atomic E-state index is 0.0141. The molecule has 2 fully saturated rings. The predicted octanol–water partition coefficient (Wildman–Crippen LogP) is 3.10. The largest absolute Gasteiger partial charge is 0.349 e. The second kappa shape index (κ2) is 7.44. The summed E-state index contributed by atoms with van der Waals surface area (Å²) in [7, 11) is 0. The number of hydrogen-bond donors (Lipinski definition) is 1. The fourth-order valence-corrected chi connectivity index (χ4v) is 4.53. The molecule has 2 bridgehead atoms. The van der Waals surface area contributed by atoms with Crippen molar-refractivity contribution in [3.05, 3.63) is 66.0 Å². The second-order valence-corrected chi connectivity index (χ2v) is 7.96. The van der Waals surface area contributed by atoms with Gasteiger partial charge in [-0.25, -0.2) is 24.3 Å². The first-order chi connectivity index (χ1) is 14.6. The van der Waals surface area contributed by atoms with Crippen molar-refractivity contribution in [2.75, 3.05) is 11.9 Å². The Kier molecular flexibility index (Phi) is 4.61. The van der Waals surface area contributed by atoms with Crippen LogP contribution in [0.4, 0.5) is 10.3 Å². The Hall–Kier alpha value is -3.42. The highest BCUT2D eigenvalue weighted by Gasteiger charge is 2.47. The van der Waals surface area contributed by atoms with Gasteiger partial charge in [0.05, 0.1) is 11.6 Å². The van der Waals surface area contributed by atoms with Gasteiger partial charge in [-0.2, -0.15) is 0 Å². The van der Waals surface area contributed by atoms with Crippen LogP contribution >= 0.6 is 0 Å². The number of nitrogens with zero attached hydrogens (tertiary/aromatic N) is 5. The molecule has 1 saturated heterocycles. The normalized spacial score (nSPS) is 22.3. The van der Waals surface area contributed by atoms with E-state index in [-0.39, 0.29) is 18.0 Å². The zero-order chi connectivity index (χ0) is 20.7.